The van der Waals surface area contributed by atoms with Gasteiger partial charge in [0, 0.05) is 11.4 Å². The number of amides is 1. The van der Waals surface area contributed by atoms with E-state index in [2.05, 4.69) is 17.6 Å². The zero-order valence-electron chi connectivity index (χ0n) is 16.3. The van der Waals surface area contributed by atoms with E-state index in [0.29, 0.717) is 6.61 Å². The van der Waals surface area contributed by atoms with Crippen molar-refractivity contribution in [1.82, 2.24) is 0 Å². The van der Waals surface area contributed by atoms with Crippen molar-refractivity contribution in [3.63, 3.8) is 0 Å². The van der Waals surface area contributed by atoms with Crippen LogP contribution in [0.15, 0.2) is 48.5 Å². The molecule has 0 bridgehead atoms. The number of carbonyl (C=O) groups excluding carboxylic acids is 1. The van der Waals surface area contributed by atoms with Crippen molar-refractivity contribution in [2.45, 2.75) is 39.5 Å². The molecule has 5 heteroatoms. The molecule has 0 unspecified atom stereocenters. The van der Waals surface area contributed by atoms with Crippen LogP contribution in [0.4, 0.5) is 11.4 Å². The van der Waals surface area contributed by atoms with Crippen LogP contribution in [-0.2, 0) is 4.79 Å². The Balaban J connectivity index is 1.70. The first-order chi connectivity index (χ1) is 13.2. The van der Waals surface area contributed by atoms with Crippen LogP contribution >= 0.6 is 0 Å². The Morgan fingerprint density at radius 3 is 2.07 bits per heavy atom. The number of hydrogen-bond acceptors (Lipinski definition) is 4. The quantitative estimate of drug-likeness (QED) is 0.511. The fourth-order valence-corrected chi connectivity index (χ4v) is 2.58. The Hall–Kier alpha value is -2.69. The van der Waals surface area contributed by atoms with Gasteiger partial charge in [0.15, 0.2) is 0 Å². The minimum absolute atomic E-state index is 0.101. The molecule has 5 nitrogen and oxygen atoms in total. The van der Waals surface area contributed by atoms with Gasteiger partial charge in [-0.3, -0.25) is 4.79 Å². The first kappa shape index (κ1) is 20.6. The van der Waals surface area contributed by atoms with Crippen molar-refractivity contribution < 1.29 is 14.3 Å². The second-order valence-corrected chi connectivity index (χ2v) is 6.29. The van der Waals surface area contributed by atoms with E-state index in [4.69, 9.17) is 9.47 Å². The van der Waals surface area contributed by atoms with Crippen LogP contribution in [0.3, 0.4) is 0 Å². The predicted octanol–water partition coefficient (Wildman–Crippen LogP) is 5.10. The molecule has 0 fully saturated rings. The summed E-state index contributed by atoms with van der Waals surface area (Å²) in [6.45, 7) is 5.71. The molecule has 0 aromatic heterocycles. The highest BCUT2D eigenvalue weighted by molar-refractivity contribution is 5.93. The molecule has 0 aliphatic carbocycles. The minimum atomic E-state index is -0.101. The molecule has 2 rings (SSSR count). The smallest absolute Gasteiger partial charge is 0.243 e. The van der Waals surface area contributed by atoms with Crippen molar-refractivity contribution in [3.8, 4) is 11.5 Å². The summed E-state index contributed by atoms with van der Waals surface area (Å²) in [4.78, 5) is 12.1. The van der Waals surface area contributed by atoms with E-state index in [-0.39, 0.29) is 12.5 Å². The molecular formula is C22H30N2O3. The number of nitrogens with one attached hydrogen (secondary N) is 2. The zero-order valence-corrected chi connectivity index (χ0v) is 16.3. The van der Waals surface area contributed by atoms with Gasteiger partial charge in [0.1, 0.15) is 11.5 Å². The van der Waals surface area contributed by atoms with Crippen LogP contribution in [0.25, 0.3) is 0 Å². The molecule has 0 aliphatic rings. The van der Waals surface area contributed by atoms with Crippen LogP contribution < -0.4 is 20.1 Å². The topological polar surface area (TPSA) is 59.6 Å². The molecule has 146 valence electrons. The van der Waals surface area contributed by atoms with Gasteiger partial charge in [-0.2, -0.15) is 0 Å². The summed E-state index contributed by atoms with van der Waals surface area (Å²) in [6.07, 6.45) is 4.77. The molecular weight excluding hydrogens is 340 g/mol. The van der Waals surface area contributed by atoms with Gasteiger partial charge in [0.25, 0.3) is 0 Å². The molecule has 0 radical (unpaired) electrons. The monoisotopic (exact) mass is 370 g/mol. The molecule has 0 aliphatic heterocycles. The number of unbranched alkanes of at least 4 members (excludes halogenated alkanes) is 3. The predicted molar refractivity (Wildman–Crippen MR) is 111 cm³/mol. The Kier molecular flexibility index (Phi) is 9.04. The van der Waals surface area contributed by atoms with Gasteiger partial charge < -0.3 is 20.1 Å². The lowest BCUT2D eigenvalue weighted by atomic mass is 10.2. The Labute approximate surface area is 162 Å². The zero-order chi connectivity index (χ0) is 19.3. The van der Waals surface area contributed by atoms with E-state index in [1.54, 1.807) is 0 Å². The Morgan fingerprint density at radius 1 is 0.815 bits per heavy atom. The average molecular weight is 370 g/mol. The van der Waals surface area contributed by atoms with Crippen LogP contribution in [0, 0.1) is 0 Å². The highest BCUT2D eigenvalue weighted by atomic mass is 16.5. The summed E-state index contributed by atoms with van der Waals surface area (Å²) < 4.78 is 11.1. The summed E-state index contributed by atoms with van der Waals surface area (Å²) in [7, 11) is 0. The van der Waals surface area contributed by atoms with Crippen LogP contribution in [0.1, 0.15) is 39.5 Å². The number of ether oxygens (including phenoxy) is 2. The molecule has 0 saturated heterocycles. The number of hydrogen-bond donors (Lipinski definition) is 2. The van der Waals surface area contributed by atoms with E-state index in [1.165, 1.54) is 19.3 Å². The average Bonchev–Trinajstić information content (AvgIpc) is 2.69. The maximum atomic E-state index is 12.1. The molecule has 0 heterocycles. The van der Waals surface area contributed by atoms with E-state index in [1.807, 2.05) is 55.5 Å². The summed E-state index contributed by atoms with van der Waals surface area (Å²) in [5.41, 5.74) is 1.63. The summed E-state index contributed by atoms with van der Waals surface area (Å²) in [5, 5.41) is 5.97. The van der Waals surface area contributed by atoms with Gasteiger partial charge in [-0.05, 0) is 61.9 Å². The fraction of sp³-hybridized carbons (Fsp3) is 0.409. The first-order valence-electron chi connectivity index (χ1n) is 9.70. The minimum Gasteiger partial charge on any atom is -0.494 e. The second-order valence-electron chi connectivity index (χ2n) is 6.29. The van der Waals surface area contributed by atoms with Crippen LogP contribution in [0.5, 0.6) is 11.5 Å². The fourth-order valence-electron chi connectivity index (χ4n) is 2.58. The van der Waals surface area contributed by atoms with Crippen molar-refractivity contribution in [3.05, 3.63) is 48.5 Å². The van der Waals surface area contributed by atoms with Gasteiger partial charge in [-0.25, -0.2) is 0 Å². The summed E-state index contributed by atoms with van der Waals surface area (Å²) in [5.74, 6) is 1.55. The number of rotatable bonds is 12. The lowest BCUT2D eigenvalue weighted by molar-refractivity contribution is -0.114. The van der Waals surface area contributed by atoms with Gasteiger partial charge >= 0.3 is 0 Å². The van der Waals surface area contributed by atoms with Crippen LogP contribution in [-0.4, -0.2) is 25.7 Å². The Morgan fingerprint density at radius 2 is 1.44 bits per heavy atom. The SMILES string of the molecule is CCCCCCOc1ccc(NCC(=O)Nc2ccc(OCC)cc2)cc1. The molecule has 2 N–H and O–H groups in total. The second kappa shape index (κ2) is 11.8. The van der Waals surface area contributed by atoms with Crippen LogP contribution in [0.2, 0.25) is 0 Å². The lowest BCUT2D eigenvalue weighted by Crippen LogP contribution is -2.21. The van der Waals surface area contributed by atoms with Gasteiger partial charge in [-0.15, -0.1) is 0 Å². The standard InChI is InChI=1S/C22H30N2O3/c1-3-5-6-7-16-27-21-12-8-18(9-13-21)23-17-22(25)24-19-10-14-20(15-11-19)26-4-2/h8-15,23H,3-7,16-17H2,1-2H3,(H,24,25). The molecule has 27 heavy (non-hydrogen) atoms. The van der Waals surface area contributed by atoms with E-state index in [9.17, 15) is 4.79 Å². The van der Waals surface area contributed by atoms with Gasteiger partial charge in [0.2, 0.25) is 5.91 Å². The maximum Gasteiger partial charge on any atom is 0.243 e. The normalized spacial score (nSPS) is 10.3. The third-order valence-corrected chi connectivity index (χ3v) is 4.02. The first-order valence-corrected chi connectivity index (χ1v) is 9.70. The molecule has 0 saturated carbocycles. The van der Waals surface area contributed by atoms with E-state index < -0.39 is 0 Å². The van der Waals surface area contributed by atoms with Crippen molar-refractivity contribution >= 4 is 17.3 Å². The lowest BCUT2D eigenvalue weighted by Gasteiger charge is -2.10. The number of anilines is 2. The van der Waals surface area contributed by atoms with Crippen molar-refractivity contribution in [2.24, 2.45) is 0 Å². The van der Waals surface area contributed by atoms with E-state index in [0.717, 1.165) is 35.9 Å². The molecule has 1 amide bonds. The van der Waals surface area contributed by atoms with Crippen molar-refractivity contribution in [1.29, 1.82) is 0 Å². The maximum absolute atomic E-state index is 12.1. The highest BCUT2D eigenvalue weighted by Gasteiger charge is 2.03. The van der Waals surface area contributed by atoms with E-state index >= 15 is 0 Å². The molecule has 0 atom stereocenters. The molecule has 0 spiro atoms. The Bertz CT molecular complexity index is 669. The summed E-state index contributed by atoms with van der Waals surface area (Å²) >= 11 is 0. The summed E-state index contributed by atoms with van der Waals surface area (Å²) in [6, 6.07) is 15.0. The van der Waals surface area contributed by atoms with Gasteiger partial charge in [0.05, 0.1) is 19.8 Å². The number of carbonyl (C=O) groups is 1. The third-order valence-electron chi connectivity index (χ3n) is 4.02. The highest BCUT2D eigenvalue weighted by Crippen LogP contribution is 2.17. The van der Waals surface area contributed by atoms with Gasteiger partial charge in [-0.1, -0.05) is 26.2 Å². The number of benzene rings is 2. The molecule has 2 aromatic carbocycles. The molecule has 2 aromatic rings. The largest absolute Gasteiger partial charge is 0.494 e. The third kappa shape index (κ3) is 8.03. The van der Waals surface area contributed by atoms with Crippen molar-refractivity contribution in [2.75, 3.05) is 30.4 Å².